The Morgan fingerprint density at radius 3 is 2.47 bits per heavy atom. The molecule has 3 nitrogen and oxygen atoms in total. The van der Waals surface area contributed by atoms with E-state index in [4.69, 9.17) is 0 Å². The van der Waals surface area contributed by atoms with Gasteiger partial charge in [-0.1, -0.05) is 25.1 Å². The van der Waals surface area contributed by atoms with Crippen LogP contribution in [0.25, 0.3) is 0 Å². The number of hydrogen-bond donors (Lipinski definition) is 1. The molecule has 1 aromatic carbocycles. The summed E-state index contributed by atoms with van der Waals surface area (Å²) in [5.74, 6) is 1.01. The molecule has 0 aromatic heterocycles. The molecule has 1 aliphatic rings. The van der Waals surface area contributed by atoms with Crippen LogP contribution in [0.4, 0.5) is 5.69 Å². The highest BCUT2D eigenvalue weighted by atomic mass is 16.2. The van der Waals surface area contributed by atoms with Gasteiger partial charge in [-0.2, -0.15) is 0 Å². The molecule has 19 heavy (non-hydrogen) atoms. The number of likely N-dealkylation sites (N-methyl/N-ethyl adjacent to an activating group) is 1. The second-order valence-electron chi connectivity index (χ2n) is 5.64. The molecule has 0 aliphatic heterocycles. The van der Waals surface area contributed by atoms with Gasteiger partial charge < -0.3 is 10.2 Å². The summed E-state index contributed by atoms with van der Waals surface area (Å²) >= 11 is 0. The van der Waals surface area contributed by atoms with Crippen molar-refractivity contribution in [2.75, 3.05) is 18.9 Å². The van der Waals surface area contributed by atoms with Gasteiger partial charge in [0.1, 0.15) is 0 Å². The lowest BCUT2D eigenvalue weighted by Crippen LogP contribution is -2.41. The number of carbonyl (C=O) groups excluding carboxylic acids is 1. The largest absolute Gasteiger partial charge is 0.376 e. The van der Waals surface area contributed by atoms with Crippen LogP contribution in [0.3, 0.4) is 0 Å². The number of anilines is 1. The van der Waals surface area contributed by atoms with E-state index in [1.54, 1.807) is 0 Å². The van der Waals surface area contributed by atoms with E-state index < -0.39 is 0 Å². The first-order chi connectivity index (χ1) is 9.16. The van der Waals surface area contributed by atoms with Crippen LogP contribution in [0.5, 0.6) is 0 Å². The lowest BCUT2D eigenvalue weighted by molar-refractivity contribution is -0.130. The quantitative estimate of drug-likeness (QED) is 0.902. The SMILES string of the molecule is CC1CCC(N(C)C(=O)CNc2ccccc2)CC1. The smallest absolute Gasteiger partial charge is 0.241 e. The standard InChI is InChI=1S/C16H24N2O/c1-13-8-10-15(11-9-13)18(2)16(19)12-17-14-6-4-3-5-7-14/h3-7,13,15,17H,8-12H2,1-2H3. The van der Waals surface area contributed by atoms with Gasteiger partial charge in [-0.3, -0.25) is 4.79 Å². The molecule has 0 heterocycles. The molecule has 104 valence electrons. The topological polar surface area (TPSA) is 32.3 Å². The molecule has 0 spiro atoms. The highest BCUT2D eigenvalue weighted by molar-refractivity contribution is 5.80. The van der Waals surface area contributed by atoms with E-state index in [-0.39, 0.29) is 5.91 Å². The summed E-state index contributed by atoms with van der Waals surface area (Å²) in [6.07, 6.45) is 4.78. The first kappa shape index (κ1) is 13.9. The van der Waals surface area contributed by atoms with Crippen LogP contribution in [0.1, 0.15) is 32.6 Å². The summed E-state index contributed by atoms with van der Waals surface area (Å²) in [6, 6.07) is 10.3. The number of amides is 1. The van der Waals surface area contributed by atoms with Gasteiger partial charge in [-0.25, -0.2) is 0 Å². The summed E-state index contributed by atoms with van der Waals surface area (Å²) < 4.78 is 0. The summed E-state index contributed by atoms with van der Waals surface area (Å²) in [5, 5.41) is 3.18. The summed E-state index contributed by atoms with van der Waals surface area (Å²) in [5.41, 5.74) is 1.00. The summed E-state index contributed by atoms with van der Waals surface area (Å²) in [6.45, 7) is 2.68. The summed E-state index contributed by atoms with van der Waals surface area (Å²) in [7, 11) is 1.94. The van der Waals surface area contributed by atoms with Crippen LogP contribution in [0, 0.1) is 5.92 Å². The molecule has 1 saturated carbocycles. The third-order valence-corrected chi connectivity index (χ3v) is 4.14. The van der Waals surface area contributed by atoms with Crippen LogP contribution >= 0.6 is 0 Å². The number of para-hydroxylation sites is 1. The molecule has 0 bridgehead atoms. The van der Waals surface area contributed by atoms with E-state index in [9.17, 15) is 4.79 Å². The normalized spacial score (nSPS) is 22.8. The molecule has 0 atom stereocenters. The monoisotopic (exact) mass is 260 g/mol. The van der Waals surface area contributed by atoms with Gasteiger partial charge in [0, 0.05) is 18.8 Å². The van der Waals surface area contributed by atoms with Gasteiger partial charge in [-0.15, -0.1) is 0 Å². The number of nitrogens with zero attached hydrogens (tertiary/aromatic N) is 1. The minimum atomic E-state index is 0.184. The number of carbonyl (C=O) groups is 1. The van der Waals surface area contributed by atoms with Crippen molar-refractivity contribution < 1.29 is 4.79 Å². The summed E-state index contributed by atoms with van der Waals surface area (Å²) in [4.78, 5) is 14.1. The van der Waals surface area contributed by atoms with Gasteiger partial charge in [0.15, 0.2) is 0 Å². The van der Waals surface area contributed by atoms with Crippen LogP contribution < -0.4 is 5.32 Å². The number of hydrogen-bond acceptors (Lipinski definition) is 2. The van der Waals surface area contributed by atoms with Crippen LogP contribution in [0.15, 0.2) is 30.3 Å². The first-order valence-corrected chi connectivity index (χ1v) is 7.21. The Labute approximate surface area is 116 Å². The fourth-order valence-electron chi connectivity index (χ4n) is 2.69. The zero-order chi connectivity index (χ0) is 13.7. The Morgan fingerprint density at radius 1 is 1.21 bits per heavy atom. The Kier molecular flexibility index (Phi) is 4.83. The van der Waals surface area contributed by atoms with Gasteiger partial charge in [0.05, 0.1) is 6.54 Å². The molecular weight excluding hydrogens is 236 g/mol. The van der Waals surface area contributed by atoms with E-state index >= 15 is 0 Å². The van der Waals surface area contributed by atoms with E-state index in [2.05, 4.69) is 12.2 Å². The van der Waals surface area contributed by atoms with Crippen LogP contribution in [0.2, 0.25) is 0 Å². The third kappa shape index (κ3) is 3.98. The molecule has 1 N–H and O–H groups in total. The van der Waals surface area contributed by atoms with Crippen molar-refractivity contribution in [3.8, 4) is 0 Å². The Hall–Kier alpha value is -1.51. The van der Waals surface area contributed by atoms with Crippen molar-refractivity contribution in [2.24, 2.45) is 5.92 Å². The molecule has 0 saturated heterocycles. The predicted octanol–water partition coefficient (Wildman–Crippen LogP) is 3.14. The maximum Gasteiger partial charge on any atom is 0.241 e. The molecule has 0 unspecified atom stereocenters. The average molecular weight is 260 g/mol. The fourth-order valence-corrected chi connectivity index (χ4v) is 2.69. The van der Waals surface area contributed by atoms with Crippen molar-refractivity contribution >= 4 is 11.6 Å². The lowest BCUT2D eigenvalue weighted by atomic mass is 9.87. The molecular formula is C16H24N2O. The molecule has 1 aromatic rings. The van der Waals surface area contributed by atoms with Gasteiger partial charge in [0.2, 0.25) is 5.91 Å². The molecule has 1 amide bonds. The van der Waals surface area contributed by atoms with Crippen LogP contribution in [-0.4, -0.2) is 30.4 Å². The van der Waals surface area contributed by atoms with E-state index in [0.29, 0.717) is 12.6 Å². The van der Waals surface area contributed by atoms with E-state index in [1.165, 1.54) is 12.8 Å². The molecule has 1 aliphatic carbocycles. The van der Waals surface area contributed by atoms with Crippen molar-refractivity contribution in [1.29, 1.82) is 0 Å². The van der Waals surface area contributed by atoms with Gasteiger partial charge in [0.25, 0.3) is 0 Å². The van der Waals surface area contributed by atoms with Crippen molar-refractivity contribution in [2.45, 2.75) is 38.6 Å². The van der Waals surface area contributed by atoms with Crippen molar-refractivity contribution in [3.05, 3.63) is 30.3 Å². The number of rotatable bonds is 4. The molecule has 3 heteroatoms. The first-order valence-electron chi connectivity index (χ1n) is 7.21. The highest BCUT2D eigenvalue weighted by Gasteiger charge is 2.24. The molecule has 0 radical (unpaired) electrons. The van der Waals surface area contributed by atoms with Crippen molar-refractivity contribution in [3.63, 3.8) is 0 Å². The Morgan fingerprint density at radius 2 is 1.84 bits per heavy atom. The lowest BCUT2D eigenvalue weighted by Gasteiger charge is -2.33. The zero-order valence-electron chi connectivity index (χ0n) is 11.9. The van der Waals surface area contributed by atoms with E-state index in [1.807, 2.05) is 42.3 Å². The van der Waals surface area contributed by atoms with Crippen LogP contribution in [-0.2, 0) is 4.79 Å². The number of benzene rings is 1. The Balaban J connectivity index is 1.79. The highest BCUT2D eigenvalue weighted by Crippen LogP contribution is 2.26. The van der Waals surface area contributed by atoms with Gasteiger partial charge in [-0.05, 0) is 43.7 Å². The third-order valence-electron chi connectivity index (χ3n) is 4.14. The fraction of sp³-hybridized carbons (Fsp3) is 0.562. The Bertz CT molecular complexity index is 396. The zero-order valence-corrected chi connectivity index (χ0v) is 11.9. The predicted molar refractivity (Wildman–Crippen MR) is 79.1 cm³/mol. The number of nitrogens with one attached hydrogen (secondary N) is 1. The maximum atomic E-state index is 12.2. The minimum absolute atomic E-state index is 0.184. The second-order valence-corrected chi connectivity index (χ2v) is 5.64. The molecule has 2 rings (SSSR count). The average Bonchev–Trinajstić information content (AvgIpc) is 2.46. The minimum Gasteiger partial charge on any atom is -0.376 e. The van der Waals surface area contributed by atoms with E-state index in [0.717, 1.165) is 24.4 Å². The van der Waals surface area contributed by atoms with Crippen molar-refractivity contribution in [1.82, 2.24) is 4.90 Å². The second kappa shape index (κ2) is 6.60. The molecule has 1 fully saturated rings. The van der Waals surface area contributed by atoms with Gasteiger partial charge >= 0.3 is 0 Å². The maximum absolute atomic E-state index is 12.2.